The van der Waals surface area contributed by atoms with Gasteiger partial charge in [-0.2, -0.15) is 0 Å². The number of carbonyl (C=O) groups excluding carboxylic acids is 1. The molecule has 1 amide bonds. The maximum absolute atomic E-state index is 11.7. The second kappa shape index (κ2) is 6.07. The van der Waals surface area contributed by atoms with Crippen molar-refractivity contribution in [3.8, 4) is 0 Å². The maximum atomic E-state index is 11.7. The van der Waals surface area contributed by atoms with Crippen molar-refractivity contribution in [2.24, 2.45) is 0 Å². The minimum Gasteiger partial charge on any atom is -0.385 e. The number of aromatic nitrogens is 1. The van der Waals surface area contributed by atoms with Gasteiger partial charge in [-0.3, -0.25) is 9.59 Å². The monoisotopic (exact) mass is 224 g/mol. The number of carbonyl (C=O) groups is 1. The highest BCUT2D eigenvalue weighted by Gasteiger charge is 2.09. The van der Waals surface area contributed by atoms with Gasteiger partial charge >= 0.3 is 0 Å². The molecule has 0 aromatic carbocycles. The van der Waals surface area contributed by atoms with E-state index >= 15 is 0 Å². The van der Waals surface area contributed by atoms with Crippen LogP contribution in [0.25, 0.3) is 0 Å². The van der Waals surface area contributed by atoms with Crippen LogP contribution in [0.4, 0.5) is 0 Å². The SMILES string of the molecule is COCCC(C)NC(=O)c1ccc(=O)[nH]c1. The minimum absolute atomic E-state index is 0.0411. The van der Waals surface area contributed by atoms with Crippen LogP contribution < -0.4 is 10.9 Å². The highest BCUT2D eigenvalue weighted by Crippen LogP contribution is 1.97. The van der Waals surface area contributed by atoms with Crippen LogP contribution in [0.15, 0.2) is 23.1 Å². The van der Waals surface area contributed by atoms with E-state index in [2.05, 4.69) is 10.3 Å². The second-order valence-electron chi connectivity index (χ2n) is 3.60. The van der Waals surface area contributed by atoms with Gasteiger partial charge in [0.05, 0.1) is 5.56 Å². The number of amides is 1. The molecule has 1 unspecified atom stereocenters. The van der Waals surface area contributed by atoms with E-state index in [0.717, 1.165) is 6.42 Å². The lowest BCUT2D eigenvalue weighted by Crippen LogP contribution is -2.33. The van der Waals surface area contributed by atoms with Crippen LogP contribution in [-0.2, 0) is 4.74 Å². The van der Waals surface area contributed by atoms with E-state index in [9.17, 15) is 9.59 Å². The molecular weight excluding hydrogens is 208 g/mol. The van der Waals surface area contributed by atoms with Crippen molar-refractivity contribution in [2.75, 3.05) is 13.7 Å². The number of H-pyrrole nitrogens is 1. The molecule has 16 heavy (non-hydrogen) atoms. The first-order valence-corrected chi connectivity index (χ1v) is 5.12. The number of nitrogens with one attached hydrogen (secondary N) is 2. The van der Waals surface area contributed by atoms with Crippen molar-refractivity contribution in [3.63, 3.8) is 0 Å². The predicted molar refractivity (Wildman–Crippen MR) is 60.5 cm³/mol. The van der Waals surface area contributed by atoms with E-state index in [-0.39, 0.29) is 17.5 Å². The lowest BCUT2D eigenvalue weighted by Gasteiger charge is -2.12. The Morgan fingerprint density at radius 2 is 2.31 bits per heavy atom. The van der Waals surface area contributed by atoms with Gasteiger partial charge in [-0.05, 0) is 19.4 Å². The van der Waals surface area contributed by atoms with Gasteiger partial charge in [0.1, 0.15) is 0 Å². The summed E-state index contributed by atoms with van der Waals surface area (Å²) in [6, 6.07) is 2.87. The molecule has 0 fully saturated rings. The summed E-state index contributed by atoms with van der Waals surface area (Å²) in [5.41, 5.74) is 0.229. The van der Waals surface area contributed by atoms with Gasteiger partial charge in [0.15, 0.2) is 0 Å². The summed E-state index contributed by atoms with van der Waals surface area (Å²) in [6.07, 6.45) is 2.16. The minimum atomic E-state index is -0.219. The summed E-state index contributed by atoms with van der Waals surface area (Å²) < 4.78 is 4.92. The molecule has 0 radical (unpaired) electrons. The molecular formula is C11H16N2O3. The zero-order chi connectivity index (χ0) is 12.0. The summed E-state index contributed by atoms with van der Waals surface area (Å²) in [5, 5.41) is 2.81. The number of pyridine rings is 1. The van der Waals surface area contributed by atoms with Gasteiger partial charge in [0, 0.05) is 32.0 Å². The first kappa shape index (κ1) is 12.4. The fourth-order valence-electron chi connectivity index (χ4n) is 1.23. The smallest absolute Gasteiger partial charge is 0.252 e. The van der Waals surface area contributed by atoms with E-state index in [1.165, 1.54) is 18.3 Å². The Kier molecular flexibility index (Phi) is 4.72. The summed E-state index contributed by atoms with van der Waals surface area (Å²) >= 11 is 0. The van der Waals surface area contributed by atoms with Crippen LogP contribution in [0.3, 0.4) is 0 Å². The number of hydrogen-bond acceptors (Lipinski definition) is 3. The number of hydrogen-bond donors (Lipinski definition) is 2. The Hall–Kier alpha value is -1.62. The predicted octanol–water partition coefficient (Wildman–Crippen LogP) is 0.530. The Labute approximate surface area is 93.8 Å². The summed E-state index contributed by atoms with van der Waals surface area (Å²) in [7, 11) is 1.62. The molecule has 1 heterocycles. The van der Waals surface area contributed by atoms with E-state index in [0.29, 0.717) is 12.2 Å². The molecule has 5 nitrogen and oxygen atoms in total. The van der Waals surface area contributed by atoms with E-state index in [4.69, 9.17) is 4.74 Å². The molecule has 0 aliphatic heterocycles. The van der Waals surface area contributed by atoms with Crippen molar-refractivity contribution < 1.29 is 9.53 Å². The quantitative estimate of drug-likeness (QED) is 0.766. The molecule has 1 atom stereocenters. The third-order valence-corrected chi connectivity index (χ3v) is 2.18. The van der Waals surface area contributed by atoms with Crippen molar-refractivity contribution in [3.05, 3.63) is 34.2 Å². The molecule has 5 heteroatoms. The molecule has 1 aromatic heterocycles. The highest BCUT2D eigenvalue weighted by atomic mass is 16.5. The molecule has 1 rings (SSSR count). The van der Waals surface area contributed by atoms with Crippen LogP contribution in [0.5, 0.6) is 0 Å². The third kappa shape index (κ3) is 3.86. The standard InChI is InChI=1S/C11H16N2O3/c1-8(5-6-16-2)13-11(15)9-3-4-10(14)12-7-9/h3-4,7-8H,5-6H2,1-2H3,(H,12,14)(H,13,15). The summed E-state index contributed by atoms with van der Waals surface area (Å²) in [4.78, 5) is 24.9. The molecule has 0 bridgehead atoms. The fourth-order valence-corrected chi connectivity index (χ4v) is 1.23. The first-order valence-electron chi connectivity index (χ1n) is 5.12. The van der Waals surface area contributed by atoms with Crippen molar-refractivity contribution >= 4 is 5.91 Å². The normalized spacial score (nSPS) is 12.1. The zero-order valence-electron chi connectivity index (χ0n) is 9.45. The molecule has 0 spiro atoms. The van der Waals surface area contributed by atoms with E-state index in [1.807, 2.05) is 6.92 Å². The molecule has 1 aromatic rings. The fraction of sp³-hybridized carbons (Fsp3) is 0.455. The Morgan fingerprint density at radius 1 is 1.56 bits per heavy atom. The first-order chi connectivity index (χ1) is 7.63. The molecule has 2 N–H and O–H groups in total. The van der Waals surface area contributed by atoms with Gasteiger partial charge in [0.25, 0.3) is 5.91 Å². The van der Waals surface area contributed by atoms with Gasteiger partial charge in [-0.25, -0.2) is 0 Å². The summed E-state index contributed by atoms with van der Waals surface area (Å²) in [6.45, 7) is 2.51. The molecule has 0 saturated carbocycles. The van der Waals surface area contributed by atoms with Gasteiger partial charge < -0.3 is 15.0 Å². The number of aromatic amines is 1. The van der Waals surface area contributed by atoms with Crippen LogP contribution in [0.1, 0.15) is 23.7 Å². The average molecular weight is 224 g/mol. The Balaban J connectivity index is 2.52. The lowest BCUT2D eigenvalue weighted by atomic mass is 10.2. The highest BCUT2D eigenvalue weighted by molar-refractivity contribution is 5.93. The number of methoxy groups -OCH3 is 1. The van der Waals surface area contributed by atoms with Crippen molar-refractivity contribution in [1.82, 2.24) is 10.3 Å². The van der Waals surface area contributed by atoms with Crippen molar-refractivity contribution in [2.45, 2.75) is 19.4 Å². The van der Waals surface area contributed by atoms with E-state index in [1.54, 1.807) is 7.11 Å². The van der Waals surface area contributed by atoms with Crippen LogP contribution in [-0.4, -0.2) is 30.6 Å². The average Bonchev–Trinajstić information content (AvgIpc) is 2.27. The largest absolute Gasteiger partial charge is 0.385 e. The second-order valence-corrected chi connectivity index (χ2v) is 3.60. The maximum Gasteiger partial charge on any atom is 0.252 e. The zero-order valence-corrected chi connectivity index (χ0v) is 9.45. The lowest BCUT2D eigenvalue weighted by molar-refractivity contribution is 0.0929. The van der Waals surface area contributed by atoms with Crippen LogP contribution >= 0.6 is 0 Å². The molecule has 0 aliphatic rings. The van der Waals surface area contributed by atoms with Crippen molar-refractivity contribution in [1.29, 1.82) is 0 Å². The van der Waals surface area contributed by atoms with E-state index < -0.39 is 0 Å². The van der Waals surface area contributed by atoms with Crippen LogP contribution in [0, 0.1) is 0 Å². The summed E-state index contributed by atoms with van der Waals surface area (Å²) in [5.74, 6) is -0.195. The molecule has 88 valence electrons. The Morgan fingerprint density at radius 3 is 2.88 bits per heavy atom. The topological polar surface area (TPSA) is 71.2 Å². The molecule has 0 aliphatic carbocycles. The molecule has 0 saturated heterocycles. The Bertz CT molecular complexity index is 380. The number of rotatable bonds is 5. The van der Waals surface area contributed by atoms with Crippen LogP contribution in [0.2, 0.25) is 0 Å². The number of ether oxygens (including phenoxy) is 1. The van der Waals surface area contributed by atoms with Gasteiger partial charge in [-0.15, -0.1) is 0 Å². The van der Waals surface area contributed by atoms with Gasteiger partial charge in [-0.1, -0.05) is 0 Å². The third-order valence-electron chi connectivity index (χ3n) is 2.18. The van der Waals surface area contributed by atoms with Gasteiger partial charge in [0.2, 0.25) is 5.56 Å².